The van der Waals surface area contributed by atoms with Crippen molar-refractivity contribution < 1.29 is 9.53 Å². The first-order chi connectivity index (χ1) is 15.4. The molecule has 166 valence electrons. The summed E-state index contributed by atoms with van der Waals surface area (Å²) >= 11 is 0. The molecule has 0 spiro atoms. The summed E-state index contributed by atoms with van der Waals surface area (Å²) in [5, 5.41) is 3.87. The average Bonchev–Trinajstić information content (AvgIpc) is 2.76. The van der Waals surface area contributed by atoms with Crippen molar-refractivity contribution in [2.75, 3.05) is 27.2 Å². The Labute approximate surface area is 189 Å². The number of likely N-dealkylation sites (N-methyl/N-ethyl adjacent to an activating group) is 1. The average molecular weight is 431 g/mol. The lowest BCUT2D eigenvalue weighted by atomic mass is 9.99. The summed E-state index contributed by atoms with van der Waals surface area (Å²) in [7, 11) is 3.81. The molecule has 1 amide bonds. The lowest BCUT2D eigenvalue weighted by Gasteiger charge is -2.23. The van der Waals surface area contributed by atoms with E-state index in [1.165, 1.54) is 12.5 Å². The molecule has 0 fully saturated rings. The van der Waals surface area contributed by atoms with Crippen molar-refractivity contribution in [1.29, 1.82) is 0 Å². The third kappa shape index (κ3) is 4.50. The third-order valence-corrected chi connectivity index (χ3v) is 5.88. The normalized spacial score (nSPS) is 14.3. The van der Waals surface area contributed by atoms with E-state index < -0.39 is 0 Å². The molecule has 0 radical (unpaired) electrons. The first-order valence-electron chi connectivity index (χ1n) is 10.9. The zero-order chi connectivity index (χ0) is 22.8. The van der Waals surface area contributed by atoms with Crippen LogP contribution in [-0.2, 0) is 11.3 Å². The van der Waals surface area contributed by atoms with E-state index in [4.69, 9.17) is 14.7 Å². The second kappa shape index (κ2) is 9.09. The van der Waals surface area contributed by atoms with Gasteiger partial charge in [0.05, 0.1) is 18.5 Å². The maximum absolute atomic E-state index is 11.6. The van der Waals surface area contributed by atoms with Crippen LogP contribution in [0.15, 0.2) is 36.4 Å². The number of hydrogen-bond acceptors (Lipinski definition) is 5. The molecule has 6 heteroatoms. The van der Waals surface area contributed by atoms with Crippen LogP contribution >= 0.6 is 0 Å². The third-order valence-electron chi connectivity index (χ3n) is 5.88. The number of pyridine rings is 2. The Morgan fingerprint density at radius 2 is 1.94 bits per heavy atom. The lowest BCUT2D eigenvalue weighted by molar-refractivity contribution is -0.119. The van der Waals surface area contributed by atoms with Crippen molar-refractivity contribution in [3.05, 3.63) is 58.8 Å². The summed E-state index contributed by atoms with van der Waals surface area (Å²) in [4.78, 5) is 23.8. The van der Waals surface area contributed by atoms with Gasteiger partial charge in [0.15, 0.2) is 5.65 Å². The Balaban J connectivity index is 1.88. The SMILES string of the molecule is COc1cc(C)cc(C)c1-c1ccc2c(CNC(C)=O)cc(C3=CCCN(C)C3)nc2n1. The first kappa shape index (κ1) is 22.0. The van der Waals surface area contributed by atoms with E-state index in [0.717, 1.165) is 64.3 Å². The molecule has 4 rings (SSSR count). The van der Waals surface area contributed by atoms with Crippen LogP contribution in [0.2, 0.25) is 0 Å². The Kier molecular flexibility index (Phi) is 6.24. The summed E-state index contributed by atoms with van der Waals surface area (Å²) in [6, 6.07) is 10.3. The molecule has 0 bridgehead atoms. The molecule has 0 saturated heterocycles. The molecule has 3 aromatic rings. The number of methoxy groups -OCH3 is 1. The van der Waals surface area contributed by atoms with Gasteiger partial charge in [-0.2, -0.15) is 0 Å². The highest BCUT2D eigenvalue weighted by Crippen LogP contribution is 2.34. The van der Waals surface area contributed by atoms with Gasteiger partial charge < -0.3 is 15.0 Å². The van der Waals surface area contributed by atoms with Gasteiger partial charge in [-0.1, -0.05) is 12.1 Å². The number of ether oxygens (including phenoxy) is 1. The number of rotatable bonds is 5. The van der Waals surface area contributed by atoms with Gasteiger partial charge in [-0.15, -0.1) is 0 Å². The Bertz CT molecular complexity index is 1220. The van der Waals surface area contributed by atoms with E-state index in [1.54, 1.807) is 7.11 Å². The Hall–Kier alpha value is -3.25. The highest BCUT2D eigenvalue weighted by Gasteiger charge is 2.17. The largest absolute Gasteiger partial charge is 0.496 e. The highest BCUT2D eigenvalue weighted by atomic mass is 16.5. The fourth-order valence-corrected chi connectivity index (χ4v) is 4.34. The Morgan fingerprint density at radius 1 is 1.16 bits per heavy atom. The number of amides is 1. The van der Waals surface area contributed by atoms with Crippen molar-refractivity contribution in [3.63, 3.8) is 0 Å². The number of carbonyl (C=O) groups is 1. The molecule has 0 atom stereocenters. The maximum Gasteiger partial charge on any atom is 0.217 e. The molecule has 1 aliphatic heterocycles. The van der Waals surface area contributed by atoms with Crippen molar-refractivity contribution >= 4 is 22.5 Å². The number of hydrogen-bond donors (Lipinski definition) is 1. The number of benzene rings is 1. The minimum atomic E-state index is -0.0577. The van der Waals surface area contributed by atoms with Crippen LogP contribution in [0.1, 0.15) is 35.7 Å². The van der Waals surface area contributed by atoms with Gasteiger partial charge in [0.2, 0.25) is 5.91 Å². The van der Waals surface area contributed by atoms with Crippen molar-refractivity contribution in [2.45, 2.75) is 33.7 Å². The van der Waals surface area contributed by atoms with Crippen LogP contribution in [0, 0.1) is 13.8 Å². The molecule has 32 heavy (non-hydrogen) atoms. The smallest absolute Gasteiger partial charge is 0.217 e. The number of fused-ring (bicyclic) bond motifs is 1. The lowest BCUT2D eigenvalue weighted by Crippen LogP contribution is -2.25. The quantitative estimate of drug-likeness (QED) is 0.655. The number of aryl methyl sites for hydroxylation is 2. The van der Waals surface area contributed by atoms with Crippen LogP contribution in [0.25, 0.3) is 27.9 Å². The molecule has 1 N–H and O–H groups in total. The molecule has 0 aliphatic carbocycles. The standard InChI is InChI=1S/C26H30N4O2/c1-16-11-17(2)25(24(12-16)32-5)22-9-8-21-20(14-27-18(3)31)13-23(29-26(21)28-22)19-7-6-10-30(4)15-19/h7-9,11-13H,6,10,14-15H2,1-5H3,(H,27,31). The number of nitrogens with zero attached hydrogens (tertiary/aromatic N) is 3. The van der Waals surface area contributed by atoms with E-state index in [2.05, 4.69) is 49.3 Å². The van der Waals surface area contributed by atoms with Gasteiger partial charge in [-0.3, -0.25) is 4.79 Å². The maximum atomic E-state index is 11.6. The summed E-state index contributed by atoms with van der Waals surface area (Å²) < 4.78 is 5.67. The van der Waals surface area contributed by atoms with E-state index >= 15 is 0 Å². The predicted molar refractivity (Wildman–Crippen MR) is 129 cm³/mol. The van der Waals surface area contributed by atoms with Crippen LogP contribution in [0.4, 0.5) is 0 Å². The number of nitrogens with one attached hydrogen (secondary N) is 1. The van der Waals surface area contributed by atoms with Gasteiger partial charge in [-0.05, 0) is 73.8 Å². The predicted octanol–water partition coefficient (Wildman–Crippen LogP) is 4.28. The van der Waals surface area contributed by atoms with Crippen LogP contribution < -0.4 is 10.1 Å². The van der Waals surface area contributed by atoms with Crippen molar-refractivity contribution in [1.82, 2.24) is 20.2 Å². The minimum Gasteiger partial charge on any atom is -0.496 e. The molecule has 6 nitrogen and oxygen atoms in total. The van der Waals surface area contributed by atoms with Gasteiger partial charge in [0.1, 0.15) is 5.75 Å². The second-order valence-corrected chi connectivity index (χ2v) is 8.56. The molecule has 2 aromatic heterocycles. The zero-order valence-electron chi connectivity index (χ0n) is 19.5. The topological polar surface area (TPSA) is 67.3 Å². The first-order valence-corrected chi connectivity index (χ1v) is 10.9. The van der Waals surface area contributed by atoms with E-state index in [-0.39, 0.29) is 5.91 Å². The number of aromatic nitrogens is 2. The summed E-state index contributed by atoms with van der Waals surface area (Å²) in [5.74, 6) is 0.748. The Morgan fingerprint density at radius 3 is 2.66 bits per heavy atom. The van der Waals surface area contributed by atoms with E-state index in [9.17, 15) is 4.79 Å². The molecular weight excluding hydrogens is 400 g/mol. The molecule has 3 heterocycles. The highest BCUT2D eigenvalue weighted by molar-refractivity contribution is 5.86. The fourth-order valence-electron chi connectivity index (χ4n) is 4.34. The van der Waals surface area contributed by atoms with Crippen molar-refractivity contribution in [2.24, 2.45) is 0 Å². The van der Waals surface area contributed by atoms with E-state index in [1.807, 2.05) is 18.2 Å². The summed E-state index contributed by atoms with van der Waals surface area (Å²) in [6.07, 6.45) is 3.26. The van der Waals surface area contributed by atoms with Crippen LogP contribution in [-0.4, -0.2) is 48.0 Å². The summed E-state index contributed by atoms with van der Waals surface area (Å²) in [6.45, 7) is 8.01. The molecule has 1 aromatic carbocycles. The minimum absolute atomic E-state index is 0.0577. The van der Waals surface area contributed by atoms with Gasteiger partial charge in [0.25, 0.3) is 0 Å². The second-order valence-electron chi connectivity index (χ2n) is 8.56. The molecular formula is C26H30N4O2. The molecule has 1 aliphatic rings. The van der Waals surface area contributed by atoms with Gasteiger partial charge in [0, 0.05) is 37.5 Å². The van der Waals surface area contributed by atoms with Crippen LogP contribution in [0.5, 0.6) is 5.75 Å². The monoisotopic (exact) mass is 430 g/mol. The van der Waals surface area contributed by atoms with Gasteiger partial charge in [-0.25, -0.2) is 9.97 Å². The van der Waals surface area contributed by atoms with E-state index in [0.29, 0.717) is 12.2 Å². The number of carbonyl (C=O) groups excluding carboxylic acids is 1. The molecule has 0 unspecified atom stereocenters. The van der Waals surface area contributed by atoms with Crippen LogP contribution in [0.3, 0.4) is 0 Å². The molecule has 0 saturated carbocycles. The zero-order valence-corrected chi connectivity index (χ0v) is 19.5. The fraction of sp³-hybridized carbons (Fsp3) is 0.346. The van der Waals surface area contributed by atoms with Crippen molar-refractivity contribution in [3.8, 4) is 17.0 Å². The summed E-state index contributed by atoms with van der Waals surface area (Å²) in [5.41, 5.74) is 7.87. The van der Waals surface area contributed by atoms with Gasteiger partial charge >= 0.3 is 0 Å².